The lowest BCUT2D eigenvalue weighted by Gasteiger charge is -2.09. The molecule has 33 heavy (non-hydrogen) atoms. The van der Waals surface area contributed by atoms with Crippen molar-refractivity contribution in [1.29, 1.82) is 0 Å². The summed E-state index contributed by atoms with van der Waals surface area (Å²) in [5.74, 6) is -0.240. The number of aromatic nitrogens is 2. The first kappa shape index (κ1) is 24.7. The molecule has 0 unspecified atom stereocenters. The monoisotopic (exact) mass is 485 g/mol. The van der Waals surface area contributed by atoms with E-state index in [9.17, 15) is 18.0 Å². The van der Waals surface area contributed by atoms with E-state index in [2.05, 4.69) is 22.2 Å². The number of rotatable bonds is 9. The molecule has 2 N–H and O–H groups in total. The van der Waals surface area contributed by atoms with Crippen LogP contribution in [0.2, 0.25) is 0 Å². The number of aromatic amines is 1. The molecule has 3 aromatic rings. The molecule has 1 aromatic heterocycles. The SMILES string of the molecule is CCCCc1ccc(S(=O)(=O)c2cnc(SCC(=O)Nc3ccc(C)cc3C)[nH]c2=O)cc1. The zero-order chi connectivity index (χ0) is 24.0. The van der Waals surface area contributed by atoms with E-state index in [0.29, 0.717) is 0 Å². The van der Waals surface area contributed by atoms with Crippen LogP contribution in [0, 0.1) is 13.8 Å². The predicted molar refractivity (Wildman–Crippen MR) is 131 cm³/mol. The van der Waals surface area contributed by atoms with Gasteiger partial charge in [0.25, 0.3) is 5.56 Å². The van der Waals surface area contributed by atoms with Crippen molar-refractivity contribution < 1.29 is 13.2 Å². The number of hydrogen-bond donors (Lipinski definition) is 2. The van der Waals surface area contributed by atoms with Gasteiger partial charge in [0.15, 0.2) is 10.1 Å². The van der Waals surface area contributed by atoms with Crippen LogP contribution in [0.4, 0.5) is 5.69 Å². The Morgan fingerprint density at radius 2 is 1.85 bits per heavy atom. The fourth-order valence-electron chi connectivity index (χ4n) is 3.25. The number of sulfone groups is 1. The van der Waals surface area contributed by atoms with E-state index in [4.69, 9.17) is 0 Å². The number of unbranched alkanes of at least 4 members (excludes halogenated alkanes) is 1. The molecule has 1 amide bonds. The topological polar surface area (TPSA) is 109 Å². The van der Waals surface area contributed by atoms with Gasteiger partial charge in [-0.1, -0.05) is 54.9 Å². The summed E-state index contributed by atoms with van der Waals surface area (Å²) in [6.07, 6.45) is 4.00. The lowest BCUT2D eigenvalue weighted by atomic mass is 10.1. The molecule has 1 heterocycles. The minimum absolute atomic E-state index is 0.0155. The Balaban J connectivity index is 1.67. The maximum absolute atomic E-state index is 12.9. The van der Waals surface area contributed by atoms with Gasteiger partial charge in [-0.15, -0.1) is 0 Å². The van der Waals surface area contributed by atoms with E-state index in [0.717, 1.165) is 59.6 Å². The van der Waals surface area contributed by atoms with Crippen LogP contribution in [0.5, 0.6) is 0 Å². The van der Waals surface area contributed by atoms with E-state index in [-0.39, 0.29) is 21.7 Å². The van der Waals surface area contributed by atoms with Gasteiger partial charge in [-0.3, -0.25) is 9.59 Å². The highest BCUT2D eigenvalue weighted by Crippen LogP contribution is 2.21. The second-order valence-electron chi connectivity index (χ2n) is 7.79. The second kappa shape index (κ2) is 10.8. The molecular formula is C24H27N3O4S2. The molecule has 174 valence electrons. The van der Waals surface area contributed by atoms with Crippen LogP contribution >= 0.6 is 11.8 Å². The van der Waals surface area contributed by atoms with Gasteiger partial charge in [0, 0.05) is 5.69 Å². The summed E-state index contributed by atoms with van der Waals surface area (Å²) in [7, 11) is -4.00. The summed E-state index contributed by atoms with van der Waals surface area (Å²) in [4.78, 5) is 30.9. The third kappa shape index (κ3) is 6.33. The lowest BCUT2D eigenvalue weighted by molar-refractivity contribution is -0.113. The summed E-state index contributed by atoms with van der Waals surface area (Å²) in [6.45, 7) is 5.98. The standard InChI is InChI=1S/C24H27N3O4S2/c1-4-5-6-18-8-10-19(11-9-18)33(30,31)21-14-25-24(27-23(21)29)32-15-22(28)26-20-12-7-16(2)13-17(20)3/h7-14H,4-6,15H2,1-3H3,(H,26,28)(H,25,27,29). The number of nitrogens with one attached hydrogen (secondary N) is 2. The van der Waals surface area contributed by atoms with E-state index in [1.807, 2.05) is 32.0 Å². The minimum atomic E-state index is -4.00. The van der Waals surface area contributed by atoms with Gasteiger partial charge < -0.3 is 10.3 Å². The largest absolute Gasteiger partial charge is 0.325 e. The van der Waals surface area contributed by atoms with Crippen molar-refractivity contribution in [3.8, 4) is 0 Å². The summed E-state index contributed by atoms with van der Waals surface area (Å²) < 4.78 is 25.8. The van der Waals surface area contributed by atoms with E-state index < -0.39 is 20.3 Å². The number of aryl methyl sites for hydroxylation is 3. The molecule has 9 heteroatoms. The van der Waals surface area contributed by atoms with Crippen LogP contribution in [-0.4, -0.2) is 30.0 Å². The number of amides is 1. The highest BCUT2D eigenvalue weighted by molar-refractivity contribution is 7.99. The molecule has 0 saturated heterocycles. The van der Waals surface area contributed by atoms with Gasteiger partial charge in [0.05, 0.1) is 16.8 Å². The Labute approximate surface area is 198 Å². The summed E-state index contributed by atoms with van der Waals surface area (Å²) in [6, 6.07) is 12.3. The van der Waals surface area contributed by atoms with E-state index in [1.165, 1.54) is 12.1 Å². The number of anilines is 1. The fourth-order valence-corrected chi connectivity index (χ4v) is 5.12. The summed E-state index contributed by atoms with van der Waals surface area (Å²) in [5, 5.41) is 2.99. The van der Waals surface area contributed by atoms with Crippen LogP contribution in [0.25, 0.3) is 0 Å². The molecule has 2 aromatic carbocycles. The van der Waals surface area contributed by atoms with Crippen molar-refractivity contribution in [2.75, 3.05) is 11.1 Å². The maximum atomic E-state index is 12.9. The summed E-state index contributed by atoms with van der Waals surface area (Å²) in [5.41, 5.74) is 3.05. The first-order valence-corrected chi connectivity index (χ1v) is 13.1. The third-order valence-corrected chi connectivity index (χ3v) is 7.73. The molecule has 0 saturated carbocycles. The summed E-state index contributed by atoms with van der Waals surface area (Å²) >= 11 is 1.02. The Bertz CT molecular complexity index is 1300. The van der Waals surface area contributed by atoms with Crippen molar-refractivity contribution in [3.63, 3.8) is 0 Å². The number of benzene rings is 2. The Morgan fingerprint density at radius 3 is 2.48 bits per heavy atom. The molecule has 0 aliphatic carbocycles. The quantitative estimate of drug-likeness (QED) is 0.346. The molecule has 0 aliphatic rings. The molecule has 3 rings (SSSR count). The van der Waals surface area contributed by atoms with Crippen molar-refractivity contribution in [1.82, 2.24) is 9.97 Å². The molecule has 0 bridgehead atoms. The normalized spacial score (nSPS) is 11.4. The molecule has 0 spiro atoms. The molecule has 0 atom stereocenters. The highest BCUT2D eigenvalue weighted by Gasteiger charge is 2.22. The molecule has 7 nitrogen and oxygen atoms in total. The van der Waals surface area contributed by atoms with Crippen LogP contribution < -0.4 is 10.9 Å². The first-order chi connectivity index (χ1) is 15.7. The highest BCUT2D eigenvalue weighted by atomic mass is 32.2. The number of thioether (sulfide) groups is 1. The van der Waals surface area contributed by atoms with Gasteiger partial charge in [0.2, 0.25) is 15.7 Å². The van der Waals surface area contributed by atoms with Crippen LogP contribution in [0.3, 0.4) is 0 Å². The maximum Gasteiger partial charge on any atom is 0.270 e. The zero-order valence-corrected chi connectivity index (χ0v) is 20.5. The Hall–Kier alpha value is -2.91. The number of nitrogens with zero attached hydrogens (tertiary/aromatic N) is 1. The van der Waals surface area contributed by atoms with E-state index in [1.54, 1.807) is 12.1 Å². The van der Waals surface area contributed by atoms with Crippen molar-refractivity contribution >= 4 is 33.2 Å². The average molecular weight is 486 g/mol. The van der Waals surface area contributed by atoms with Crippen LogP contribution in [0.15, 0.2) is 68.4 Å². The van der Waals surface area contributed by atoms with Crippen LogP contribution in [0.1, 0.15) is 36.5 Å². The number of carbonyl (C=O) groups excluding carboxylic acids is 1. The number of hydrogen-bond acceptors (Lipinski definition) is 6. The smallest absolute Gasteiger partial charge is 0.270 e. The average Bonchev–Trinajstić information content (AvgIpc) is 2.78. The van der Waals surface area contributed by atoms with Gasteiger partial charge in [-0.2, -0.15) is 0 Å². The van der Waals surface area contributed by atoms with E-state index >= 15 is 0 Å². The van der Waals surface area contributed by atoms with Gasteiger partial charge in [-0.25, -0.2) is 13.4 Å². The minimum Gasteiger partial charge on any atom is -0.325 e. The lowest BCUT2D eigenvalue weighted by Crippen LogP contribution is -2.20. The van der Waals surface area contributed by atoms with Crippen LogP contribution in [-0.2, 0) is 21.1 Å². The predicted octanol–water partition coefficient (Wildman–Crippen LogP) is 4.29. The molecule has 0 aliphatic heterocycles. The van der Waals surface area contributed by atoms with Gasteiger partial charge in [0.1, 0.15) is 0 Å². The number of H-pyrrole nitrogens is 1. The molecular weight excluding hydrogens is 458 g/mol. The van der Waals surface area contributed by atoms with Crippen molar-refractivity contribution in [3.05, 3.63) is 75.7 Å². The van der Waals surface area contributed by atoms with Crippen molar-refractivity contribution in [2.45, 2.75) is 55.0 Å². The first-order valence-electron chi connectivity index (χ1n) is 10.6. The number of carbonyl (C=O) groups is 1. The molecule has 0 radical (unpaired) electrons. The third-order valence-electron chi connectivity index (χ3n) is 5.08. The fraction of sp³-hybridized carbons (Fsp3) is 0.292. The Morgan fingerprint density at radius 1 is 1.12 bits per heavy atom. The van der Waals surface area contributed by atoms with Gasteiger partial charge in [-0.05, 0) is 56.0 Å². The second-order valence-corrected chi connectivity index (χ2v) is 10.7. The van der Waals surface area contributed by atoms with Gasteiger partial charge >= 0.3 is 0 Å². The zero-order valence-electron chi connectivity index (χ0n) is 18.8. The Kier molecular flexibility index (Phi) is 8.10. The molecule has 0 fully saturated rings. The van der Waals surface area contributed by atoms with Crippen molar-refractivity contribution in [2.24, 2.45) is 0 Å².